The zero-order chi connectivity index (χ0) is 26.2. The van der Waals surface area contributed by atoms with E-state index in [4.69, 9.17) is 14.7 Å². The molecule has 38 heavy (non-hydrogen) atoms. The van der Waals surface area contributed by atoms with Gasteiger partial charge in [0.25, 0.3) is 5.91 Å². The fraction of sp³-hybridized carbons (Fsp3) is 0.400. The van der Waals surface area contributed by atoms with Crippen molar-refractivity contribution < 1.29 is 9.53 Å². The third kappa shape index (κ3) is 4.65. The largest absolute Gasteiger partial charge is 0.481 e. The van der Waals surface area contributed by atoms with Crippen LogP contribution in [0.25, 0.3) is 16.9 Å². The van der Waals surface area contributed by atoms with Crippen molar-refractivity contribution in [1.82, 2.24) is 29.2 Å². The number of pyridine rings is 3. The Kier molecular flexibility index (Phi) is 6.57. The second-order valence-electron chi connectivity index (χ2n) is 10.8. The van der Waals surface area contributed by atoms with E-state index in [1.165, 1.54) is 0 Å². The van der Waals surface area contributed by atoms with Crippen molar-refractivity contribution in [2.24, 2.45) is 5.92 Å². The molecule has 2 fully saturated rings. The normalized spacial score (nSPS) is 19.7. The van der Waals surface area contributed by atoms with Crippen molar-refractivity contribution in [3.8, 4) is 17.1 Å². The first-order chi connectivity index (χ1) is 18.5. The maximum absolute atomic E-state index is 13.4. The van der Waals surface area contributed by atoms with Crippen molar-refractivity contribution in [3.63, 3.8) is 0 Å². The molecule has 1 amide bonds. The van der Waals surface area contributed by atoms with Crippen molar-refractivity contribution in [2.45, 2.75) is 45.2 Å². The van der Waals surface area contributed by atoms with Crippen LogP contribution in [0.5, 0.6) is 5.88 Å². The van der Waals surface area contributed by atoms with Crippen molar-refractivity contribution >= 4 is 11.6 Å². The molecule has 8 nitrogen and oxygen atoms in total. The summed E-state index contributed by atoms with van der Waals surface area (Å²) in [5, 5.41) is 0. The van der Waals surface area contributed by atoms with E-state index >= 15 is 0 Å². The molecular formula is C30H34N6O2. The maximum Gasteiger partial charge on any atom is 0.272 e. The summed E-state index contributed by atoms with van der Waals surface area (Å²) in [4.78, 5) is 32.0. The number of aromatic nitrogens is 4. The number of imidazole rings is 1. The molecule has 2 aliphatic heterocycles. The number of ether oxygens (including phenoxy) is 1. The predicted molar refractivity (Wildman–Crippen MR) is 146 cm³/mol. The second-order valence-corrected chi connectivity index (χ2v) is 10.8. The Balaban J connectivity index is 1.27. The predicted octanol–water partition coefficient (Wildman–Crippen LogP) is 4.66. The lowest BCUT2D eigenvalue weighted by Gasteiger charge is -2.47. The highest BCUT2D eigenvalue weighted by atomic mass is 16.5. The Morgan fingerprint density at radius 1 is 1.08 bits per heavy atom. The summed E-state index contributed by atoms with van der Waals surface area (Å²) in [6.45, 7) is 7.58. The highest BCUT2D eigenvalue weighted by molar-refractivity contribution is 5.92. The van der Waals surface area contributed by atoms with Crippen LogP contribution in [0.15, 0.2) is 60.9 Å². The number of methoxy groups -OCH3 is 1. The molecule has 6 heterocycles. The molecule has 0 aromatic carbocycles. The number of amides is 1. The van der Waals surface area contributed by atoms with Gasteiger partial charge in [-0.15, -0.1) is 0 Å². The van der Waals surface area contributed by atoms with Crippen LogP contribution < -0.4 is 4.74 Å². The number of nitrogens with zero attached hydrogens (tertiary/aromatic N) is 6. The number of piperidine rings is 2. The topological polar surface area (TPSA) is 75.9 Å². The van der Waals surface area contributed by atoms with Crippen LogP contribution >= 0.6 is 0 Å². The zero-order valence-electron chi connectivity index (χ0n) is 22.2. The van der Waals surface area contributed by atoms with E-state index in [1.54, 1.807) is 19.2 Å². The van der Waals surface area contributed by atoms with Gasteiger partial charge in [0.05, 0.1) is 18.5 Å². The first-order valence-electron chi connectivity index (χ1n) is 13.5. The molecule has 196 valence electrons. The molecule has 2 atom stereocenters. The number of fused-ring (bicyclic) bond motifs is 3. The van der Waals surface area contributed by atoms with Gasteiger partial charge in [-0.2, -0.15) is 0 Å². The van der Waals surface area contributed by atoms with Crippen LogP contribution in [-0.4, -0.2) is 67.8 Å². The number of carbonyl (C=O) groups is 1. The number of carbonyl (C=O) groups excluding carboxylic acids is 1. The van der Waals surface area contributed by atoms with Crippen LogP contribution in [0.4, 0.5) is 0 Å². The van der Waals surface area contributed by atoms with Gasteiger partial charge in [0.15, 0.2) is 0 Å². The smallest absolute Gasteiger partial charge is 0.272 e. The van der Waals surface area contributed by atoms with Gasteiger partial charge in [-0.25, -0.2) is 9.97 Å². The van der Waals surface area contributed by atoms with E-state index in [2.05, 4.69) is 58.6 Å². The summed E-state index contributed by atoms with van der Waals surface area (Å²) in [5.41, 5.74) is 5.63. The molecule has 0 spiro atoms. The summed E-state index contributed by atoms with van der Waals surface area (Å²) in [7, 11) is 1.57. The van der Waals surface area contributed by atoms with Crippen molar-refractivity contribution in [3.05, 3.63) is 78.0 Å². The Bertz CT molecular complexity index is 1450. The molecule has 0 saturated carbocycles. The number of hydrogen-bond acceptors (Lipinski definition) is 6. The Morgan fingerprint density at radius 2 is 1.97 bits per heavy atom. The van der Waals surface area contributed by atoms with E-state index in [0.717, 1.165) is 60.8 Å². The summed E-state index contributed by atoms with van der Waals surface area (Å²) >= 11 is 0. The van der Waals surface area contributed by atoms with Crippen molar-refractivity contribution in [1.29, 1.82) is 0 Å². The Hall–Kier alpha value is -3.78. The van der Waals surface area contributed by atoms with E-state index in [9.17, 15) is 4.79 Å². The molecular weight excluding hydrogens is 476 g/mol. The third-order valence-corrected chi connectivity index (χ3v) is 7.93. The average Bonchev–Trinajstić information content (AvgIpc) is 3.32. The number of rotatable bonds is 6. The molecule has 2 unspecified atom stereocenters. The first kappa shape index (κ1) is 24.6. The molecule has 0 N–H and O–H groups in total. The fourth-order valence-corrected chi connectivity index (χ4v) is 5.87. The molecule has 4 aromatic heterocycles. The zero-order valence-corrected chi connectivity index (χ0v) is 22.2. The fourth-order valence-electron chi connectivity index (χ4n) is 5.87. The number of likely N-dealkylation sites (tertiary alicyclic amines) is 2. The molecule has 4 aromatic rings. The summed E-state index contributed by atoms with van der Waals surface area (Å²) in [5.74, 6) is 1.34. The van der Waals surface area contributed by atoms with Gasteiger partial charge in [0.2, 0.25) is 5.88 Å². The van der Waals surface area contributed by atoms with Gasteiger partial charge in [0.1, 0.15) is 11.3 Å². The van der Waals surface area contributed by atoms with Crippen LogP contribution in [0.3, 0.4) is 0 Å². The summed E-state index contributed by atoms with van der Waals surface area (Å²) in [6.07, 6.45) is 6.22. The van der Waals surface area contributed by atoms with E-state index in [-0.39, 0.29) is 5.91 Å². The minimum Gasteiger partial charge on any atom is -0.481 e. The lowest BCUT2D eigenvalue weighted by Crippen LogP contribution is -2.56. The van der Waals surface area contributed by atoms with Crippen LogP contribution in [0.2, 0.25) is 0 Å². The van der Waals surface area contributed by atoms with Gasteiger partial charge in [0, 0.05) is 55.4 Å². The first-order valence-corrected chi connectivity index (χ1v) is 13.5. The lowest BCUT2D eigenvalue weighted by molar-refractivity contribution is 0.0153. The Morgan fingerprint density at radius 3 is 2.76 bits per heavy atom. The molecule has 0 aliphatic carbocycles. The van der Waals surface area contributed by atoms with Gasteiger partial charge in [-0.1, -0.05) is 26.0 Å². The molecule has 0 radical (unpaired) electrons. The standard InChI is InChI=1S/C30H34N6O2/c1-20(2)24-11-10-22(16-31-24)29-26(36-13-5-4-8-27(36)33-29)19-34-14-12-21-15-23(34)18-35(17-21)30(37)25-7-6-9-28(32-25)38-3/h4-11,13,16,20-21,23H,12,14-15,17-19H2,1-3H3. The number of hydrogen-bond donors (Lipinski definition) is 0. The van der Waals surface area contributed by atoms with Gasteiger partial charge in [-0.3, -0.25) is 14.7 Å². The summed E-state index contributed by atoms with van der Waals surface area (Å²) < 4.78 is 7.44. The average molecular weight is 511 g/mol. The third-order valence-electron chi connectivity index (χ3n) is 7.93. The Labute approximate surface area is 223 Å². The molecule has 2 saturated heterocycles. The van der Waals surface area contributed by atoms with E-state index in [0.29, 0.717) is 36.0 Å². The quantitative estimate of drug-likeness (QED) is 0.376. The monoisotopic (exact) mass is 510 g/mol. The summed E-state index contributed by atoms with van der Waals surface area (Å²) in [6, 6.07) is 16.0. The van der Waals surface area contributed by atoms with Crippen LogP contribution in [0, 0.1) is 5.92 Å². The van der Waals surface area contributed by atoms with Gasteiger partial charge < -0.3 is 14.0 Å². The SMILES string of the molecule is COc1cccc(C(=O)N2CC3CCN(Cc4c(-c5ccc(C(C)C)nc5)nc5ccccn45)C(C3)C2)n1. The van der Waals surface area contributed by atoms with Crippen molar-refractivity contribution in [2.75, 3.05) is 26.7 Å². The second kappa shape index (κ2) is 10.2. The van der Waals surface area contributed by atoms with Crippen LogP contribution in [-0.2, 0) is 6.54 Å². The lowest BCUT2D eigenvalue weighted by atomic mass is 9.86. The van der Waals surface area contributed by atoms with E-state index < -0.39 is 0 Å². The van der Waals surface area contributed by atoms with E-state index in [1.807, 2.05) is 23.2 Å². The highest BCUT2D eigenvalue weighted by Crippen LogP contribution is 2.33. The van der Waals surface area contributed by atoms with Gasteiger partial charge >= 0.3 is 0 Å². The molecule has 8 heteroatoms. The molecule has 2 aliphatic rings. The molecule has 6 rings (SSSR count). The minimum absolute atomic E-state index is 0.0211. The minimum atomic E-state index is -0.0211. The maximum atomic E-state index is 13.4. The highest BCUT2D eigenvalue weighted by Gasteiger charge is 2.38. The van der Waals surface area contributed by atoms with Crippen LogP contribution in [0.1, 0.15) is 54.5 Å². The molecule has 2 bridgehead atoms. The van der Waals surface area contributed by atoms with Gasteiger partial charge in [-0.05, 0) is 61.6 Å².